The van der Waals surface area contributed by atoms with Gasteiger partial charge in [-0.2, -0.15) is 0 Å². The Labute approximate surface area is 199 Å². The topological polar surface area (TPSA) is 66.8 Å². The molecule has 0 unspecified atom stereocenters. The average Bonchev–Trinajstić information content (AvgIpc) is 3.11. The number of carbonyl (C=O) groups excluding carboxylic acids is 2. The number of rotatable bonds is 11. The highest BCUT2D eigenvalue weighted by Crippen LogP contribution is 2.29. The summed E-state index contributed by atoms with van der Waals surface area (Å²) in [7, 11) is 0. The Morgan fingerprint density at radius 3 is 2.26 bits per heavy atom. The summed E-state index contributed by atoms with van der Waals surface area (Å²) in [6.45, 7) is 8.69. The molecule has 0 aliphatic carbocycles. The molecule has 0 saturated heterocycles. The number of aromatic nitrogens is 1. The highest BCUT2D eigenvalue weighted by Gasteiger charge is 2.19. The average molecular weight is 468 g/mol. The lowest BCUT2D eigenvalue weighted by atomic mass is 10.1. The van der Waals surface area contributed by atoms with Crippen molar-refractivity contribution in [1.29, 1.82) is 0 Å². The standard InChI is InChI=1S/C27H30FNO5/c1-5-32-25-12-9-21(16-26(25)33-6-2)27(31)34-17-24(30)23-15-18(3)29(19(23)4)14-13-20-7-10-22(28)11-8-20/h7-12,15-16H,5-6,13-14,17H2,1-4H3. The van der Waals surface area contributed by atoms with E-state index in [1.807, 2.05) is 32.3 Å². The minimum absolute atomic E-state index is 0.265. The zero-order valence-corrected chi connectivity index (χ0v) is 20.0. The van der Waals surface area contributed by atoms with Crippen LogP contribution in [0.1, 0.15) is 51.5 Å². The molecule has 6 nitrogen and oxygen atoms in total. The van der Waals surface area contributed by atoms with Gasteiger partial charge in [-0.3, -0.25) is 4.79 Å². The van der Waals surface area contributed by atoms with Gasteiger partial charge in [-0.25, -0.2) is 9.18 Å². The summed E-state index contributed by atoms with van der Waals surface area (Å²) in [6, 6.07) is 13.0. The Morgan fingerprint density at radius 2 is 1.59 bits per heavy atom. The van der Waals surface area contributed by atoms with Crippen molar-refractivity contribution in [1.82, 2.24) is 4.57 Å². The zero-order valence-electron chi connectivity index (χ0n) is 20.0. The van der Waals surface area contributed by atoms with Crippen LogP contribution in [0.25, 0.3) is 0 Å². The van der Waals surface area contributed by atoms with Gasteiger partial charge < -0.3 is 18.8 Å². The van der Waals surface area contributed by atoms with Crippen LogP contribution in [0.5, 0.6) is 11.5 Å². The number of hydrogen-bond donors (Lipinski definition) is 0. The molecule has 0 radical (unpaired) electrons. The number of esters is 1. The molecular formula is C27H30FNO5. The van der Waals surface area contributed by atoms with Gasteiger partial charge in [0.1, 0.15) is 5.82 Å². The van der Waals surface area contributed by atoms with Gasteiger partial charge in [0.25, 0.3) is 0 Å². The SMILES string of the molecule is CCOc1ccc(C(=O)OCC(=O)c2cc(C)n(CCc3ccc(F)cc3)c2C)cc1OCC. The summed E-state index contributed by atoms with van der Waals surface area (Å²) >= 11 is 0. The molecule has 0 fully saturated rings. The van der Waals surface area contributed by atoms with Crippen LogP contribution in [0, 0.1) is 19.7 Å². The van der Waals surface area contributed by atoms with Crippen LogP contribution in [-0.2, 0) is 17.7 Å². The van der Waals surface area contributed by atoms with Gasteiger partial charge in [-0.1, -0.05) is 12.1 Å². The van der Waals surface area contributed by atoms with Crippen molar-refractivity contribution < 1.29 is 28.2 Å². The van der Waals surface area contributed by atoms with Crippen molar-refractivity contribution in [2.45, 2.75) is 40.7 Å². The van der Waals surface area contributed by atoms with E-state index in [0.29, 0.717) is 43.2 Å². The Hall–Kier alpha value is -3.61. The van der Waals surface area contributed by atoms with E-state index in [1.54, 1.807) is 36.4 Å². The molecule has 3 aromatic rings. The van der Waals surface area contributed by atoms with Gasteiger partial charge in [-0.15, -0.1) is 0 Å². The lowest BCUT2D eigenvalue weighted by Gasteiger charge is -2.12. The normalized spacial score (nSPS) is 10.7. The molecular weight excluding hydrogens is 437 g/mol. The van der Waals surface area contributed by atoms with Gasteiger partial charge in [0.2, 0.25) is 5.78 Å². The van der Waals surface area contributed by atoms with Crippen LogP contribution in [0.3, 0.4) is 0 Å². The third kappa shape index (κ3) is 6.04. The molecule has 180 valence electrons. The molecule has 0 N–H and O–H groups in total. The van der Waals surface area contributed by atoms with Crippen molar-refractivity contribution in [2.75, 3.05) is 19.8 Å². The molecule has 0 aliphatic rings. The number of hydrogen-bond acceptors (Lipinski definition) is 5. The van der Waals surface area contributed by atoms with E-state index in [0.717, 1.165) is 17.0 Å². The highest BCUT2D eigenvalue weighted by atomic mass is 19.1. The van der Waals surface area contributed by atoms with E-state index < -0.39 is 5.97 Å². The summed E-state index contributed by atoms with van der Waals surface area (Å²) in [5, 5.41) is 0. The van der Waals surface area contributed by atoms with Gasteiger partial charge in [-0.05, 0) is 76.1 Å². The molecule has 34 heavy (non-hydrogen) atoms. The minimum atomic E-state index is -0.609. The first-order valence-electron chi connectivity index (χ1n) is 11.3. The van der Waals surface area contributed by atoms with Gasteiger partial charge in [0.05, 0.1) is 18.8 Å². The van der Waals surface area contributed by atoms with E-state index in [4.69, 9.17) is 14.2 Å². The fourth-order valence-corrected chi connectivity index (χ4v) is 3.79. The molecule has 0 bridgehead atoms. The van der Waals surface area contributed by atoms with Crippen molar-refractivity contribution >= 4 is 11.8 Å². The second kappa shape index (κ2) is 11.5. The number of carbonyl (C=O) groups is 2. The van der Waals surface area contributed by atoms with E-state index >= 15 is 0 Å². The number of halogens is 1. The Bertz CT molecular complexity index is 1150. The van der Waals surface area contributed by atoms with Crippen LogP contribution in [-0.4, -0.2) is 36.1 Å². The second-order valence-corrected chi connectivity index (χ2v) is 7.84. The maximum Gasteiger partial charge on any atom is 0.338 e. The Morgan fingerprint density at radius 1 is 0.912 bits per heavy atom. The number of Topliss-reactive ketones (excluding diaryl/α,β-unsaturated/α-hetero) is 1. The van der Waals surface area contributed by atoms with Crippen LogP contribution < -0.4 is 9.47 Å². The molecule has 0 atom stereocenters. The summed E-state index contributed by atoms with van der Waals surface area (Å²) in [5.41, 5.74) is 3.55. The number of ketones is 1. The maximum atomic E-state index is 13.1. The van der Waals surface area contributed by atoms with Gasteiger partial charge in [0.15, 0.2) is 18.1 Å². The van der Waals surface area contributed by atoms with Crippen LogP contribution in [0.2, 0.25) is 0 Å². The first kappa shape index (κ1) is 25.0. The molecule has 0 aliphatic heterocycles. The van der Waals surface area contributed by atoms with Crippen molar-refractivity contribution in [2.24, 2.45) is 0 Å². The summed E-state index contributed by atoms with van der Waals surface area (Å²) in [4.78, 5) is 25.4. The molecule has 0 spiro atoms. The summed E-state index contributed by atoms with van der Waals surface area (Å²) in [6.07, 6.45) is 0.708. The monoisotopic (exact) mass is 467 g/mol. The van der Waals surface area contributed by atoms with Crippen LogP contribution >= 0.6 is 0 Å². The quantitative estimate of drug-likeness (QED) is 0.282. The fourth-order valence-electron chi connectivity index (χ4n) is 3.79. The first-order chi connectivity index (χ1) is 16.3. The van der Waals surface area contributed by atoms with Gasteiger partial charge >= 0.3 is 5.97 Å². The lowest BCUT2D eigenvalue weighted by Crippen LogP contribution is -2.15. The predicted octanol–water partition coefficient (Wildman–Crippen LogP) is 5.32. The zero-order chi connectivity index (χ0) is 24.7. The number of nitrogens with zero attached hydrogens (tertiary/aromatic N) is 1. The smallest absolute Gasteiger partial charge is 0.338 e. The molecule has 2 aromatic carbocycles. The largest absolute Gasteiger partial charge is 0.490 e. The van der Waals surface area contributed by atoms with E-state index in [-0.39, 0.29) is 23.8 Å². The molecule has 3 rings (SSSR count). The fraction of sp³-hybridized carbons (Fsp3) is 0.333. The Kier molecular flexibility index (Phi) is 8.46. The number of ether oxygens (including phenoxy) is 3. The van der Waals surface area contributed by atoms with Crippen LogP contribution in [0.15, 0.2) is 48.5 Å². The molecule has 0 amide bonds. The minimum Gasteiger partial charge on any atom is -0.490 e. The van der Waals surface area contributed by atoms with Crippen molar-refractivity contribution in [3.63, 3.8) is 0 Å². The van der Waals surface area contributed by atoms with Gasteiger partial charge in [0, 0.05) is 23.5 Å². The highest BCUT2D eigenvalue weighted by molar-refractivity contribution is 6.00. The molecule has 1 aromatic heterocycles. The number of aryl methyl sites for hydroxylation is 2. The van der Waals surface area contributed by atoms with Crippen molar-refractivity contribution in [3.05, 3.63) is 82.4 Å². The van der Waals surface area contributed by atoms with Crippen molar-refractivity contribution in [3.8, 4) is 11.5 Å². The second-order valence-electron chi connectivity index (χ2n) is 7.84. The predicted molar refractivity (Wildman–Crippen MR) is 127 cm³/mol. The maximum absolute atomic E-state index is 13.1. The van der Waals surface area contributed by atoms with E-state index in [2.05, 4.69) is 0 Å². The molecule has 1 heterocycles. The summed E-state index contributed by atoms with van der Waals surface area (Å²) < 4.78 is 31.5. The number of benzene rings is 2. The summed E-state index contributed by atoms with van der Waals surface area (Å²) in [5.74, 6) is -0.147. The first-order valence-corrected chi connectivity index (χ1v) is 11.3. The Balaban J connectivity index is 1.64. The third-order valence-electron chi connectivity index (χ3n) is 5.52. The third-order valence-corrected chi connectivity index (χ3v) is 5.52. The van der Waals surface area contributed by atoms with E-state index in [1.165, 1.54) is 12.1 Å². The molecule has 0 saturated carbocycles. The lowest BCUT2D eigenvalue weighted by molar-refractivity contribution is 0.0474. The van der Waals surface area contributed by atoms with Crippen LogP contribution in [0.4, 0.5) is 4.39 Å². The van der Waals surface area contributed by atoms with E-state index in [9.17, 15) is 14.0 Å². The molecule has 7 heteroatoms.